The minimum atomic E-state index is -0.794. The molecule has 0 aromatic carbocycles. The number of carboxylic acids is 1. The van der Waals surface area contributed by atoms with Gasteiger partial charge in [-0.1, -0.05) is 33.1 Å². The Kier molecular flexibility index (Phi) is 5.83. The molecule has 1 rings (SSSR count). The lowest BCUT2D eigenvalue weighted by Gasteiger charge is -2.29. The predicted octanol–water partition coefficient (Wildman–Crippen LogP) is 2.96. The first-order valence-corrected chi connectivity index (χ1v) is 7.49. The van der Waals surface area contributed by atoms with Crippen LogP contribution in [0.3, 0.4) is 0 Å². The molecular weight excluding hydrogens is 242 g/mol. The summed E-state index contributed by atoms with van der Waals surface area (Å²) in [6.45, 7) is 5.90. The Morgan fingerprint density at radius 3 is 2.37 bits per heavy atom. The maximum Gasteiger partial charge on any atom is 0.311 e. The molecular formula is C15H27NO3. The predicted molar refractivity (Wildman–Crippen MR) is 74.8 cm³/mol. The molecule has 2 unspecified atom stereocenters. The standard InChI is InChI=1S/C15H27NO3/c1-4-7-11(8-5-2)13(17)16-12-9-6-10-15(12,3)14(18)19/h11-12H,4-10H2,1-3H3,(H,16,17)(H,18,19). The molecule has 0 spiro atoms. The zero-order valence-corrected chi connectivity index (χ0v) is 12.4. The second-order valence-corrected chi connectivity index (χ2v) is 5.95. The minimum absolute atomic E-state index is 0.0358. The molecule has 4 heteroatoms. The Hall–Kier alpha value is -1.06. The van der Waals surface area contributed by atoms with E-state index >= 15 is 0 Å². The lowest BCUT2D eigenvalue weighted by atomic mass is 9.84. The molecule has 0 aliphatic heterocycles. The zero-order valence-electron chi connectivity index (χ0n) is 12.4. The maximum atomic E-state index is 12.3. The Balaban J connectivity index is 2.66. The van der Waals surface area contributed by atoms with Crippen LogP contribution in [0.1, 0.15) is 65.7 Å². The third kappa shape index (κ3) is 3.71. The number of rotatable bonds is 7. The Labute approximate surface area is 116 Å². The summed E-state index contributed by atoms with van der Waals surface area (Å²) in [5, 5.41) is 12.4. The molecule has 0 heterocycles. The first-order chi connectivity index (χ1) is 8.95. The SMILES string of the molecule is CCCC(CCC)C(=O)NC1CCCC1(C)C(=O)O. The van der Waals surface area contributed by atoms with E-state index < -0.39 is 11.4 Å². The highest BCUT2D eigenvalue weighted by Crippen LogP contribution is 2.38. The van der Waals surface area contributed by atoms with E-state index in [0.717, 1.165) is 38.5 Å². The monoisotopic (exact) mass is 269 g/mol. The summed E-state index contributed by atoms with van der Waals surface area (Å²) < 4.78 is 0. The van der Waals surface area contributed by atoms with Crippen molar-refractivity contribution in [2.75, 3.05) is 0 Å². The van der Waals surface area contributed by atoms with Crippen molar-refractivity contribution in [2.24, 2.45) is 11.3 Å². The first kappa shape index (κ1) is 16.0. The van der Waals surface area contributed by atoms with Gasteiger partial charge in [-0.2, -0.15) is 0 Å². The molecule has 4 nitrogen and oxygen atoms in total. The van der Waals surface area contributed by atoms with Gasteiger partial charge in [0.25, 0.3) is 0 Å². The number of hydrogen-bond acceptors (Lipinski definition) is 2. The second-order valence-electron chi connectivity index (χ2n) is 5.95. The molecule has 110 valence electrons. The van der Waals surface area contributed by atoms with E-state index in [2.05, 4.69) is 19.2 Å². The van der Waals surface area contributed by atoms with Crippen LogP contribution in [0.4, 0.5) is 0 Å². The van der Waals surface area contributed by atoms with Crippen molar-refractivity contribution in [3.05, 3.63) is 0 Å². The Bertz CT molecular complexity index is 323. The van der Waals surface area contributed by atoms with Crippen molar-refractivity contribution in [3.63, 3.8) is 0 Å². The lowest BCUT2D eigenvalue weighted by Crippen LogP contribution is -2.48. The van der Waals surface area contributed by atoms with Crippen molar-refractivity contribution in [3.8, 4) is 0 Å². The summed E-state index contributed by atoms with van der Waals surface area (Å²) in [5.41, 5.74) is -0.793. The third-order valence-corrected chi connectivity index (χ3v) is 4.41. The highest BCUT2D eigenvalue weighted by atomic mass is 16.4. The van der Waals surface area contributed by atoms with Crippen LogP contribution in [0.5, 0.6) is 0 Å². The van der Waals surface area contributed by atoms with Gasteiger partial charge < -0.3 is 10.4 Å². The topological polar surface area (TPSA) is 66.4 Å². The average Bonchev–Trinajstić information content (AvgIpc) is 2.72. The fourth-order valence-electron chi connectivity index (χ4n) is 3.05. The van der Waals surface area contributed by atoms with Gasteiger partial charge >= 0.3 is 5.97 Å². The van der Waals surface area contributed by atoms with Crippen molar-refractivity contribution in [1.82, 2.24) is 5.32 Å². The van der Waals surface area contributed by atoms with Crippen LogP contribution >= 0.6 is 0 Å². The van der Waals surface area contributed by atoms with Gasteiger partial charge in [-0.25, -0.2) is 0 Å². The molecule has 2 N–H and O–H groups in total. The highest BCUT2D eigenvalue weighted by molar-refractivity contribution is 5.81. The molecule has 0 aromatic rings. The van der Waals surface area contributed by atoms with Crippen molar-refractivity contribution in [2.45, 2.75) is 71.8 Å². The molecule has 19 heavy (non-hydrogen) atoms. The number of carbonyl (C=O) groups is 2. The van der Waals surface area contributed by atoms with Gasteiger partial charge in [0, 0.05) is 12.0 Å². The molecule has 2 atom stereocenters. The van der Waals surface area contributed by atoms with Gasteiger partial charge in [-0.05, 0) is 32.6 Å². The molecule has 0 bridgehead atoms. The molecule has 1 aliphatic rings. The van der Waals surface area contributed by atoms with E-state index in [-0.39, 0.29) is 17.9 Å². The average molecular weight is 269 g/mol. The van der Waals surface area contributed by atoms with Crippen LogP contribution in [0, 0.1) is 11.3 Å². The number of hydrogen-bond donors (Lipinski definition) is 2. The van der Waals surface area contributed by atoms with Gasteiger partial charge in [0.05, 0.1) is 5.41 Å². The first-order valence-electron chi connectivity index (χ1n) is 7.49. The van der Waals surface area contributed by atoms with E-state index in [0.29, 0.717) is 6.42 Å². The van der Waals surface area contributed by atoms with E-state index in [1.165, 1.54) is 0 Å². The van der Waals surface area contributed by atoms with Crippen LogP contribution in [0.2, 0.25) is 0 Å². The molecule has 1 aliphatic carbocycles. The normalized spacial score (nSPS) is 26.6. The fourth-order valence-corrected chi connectivity index (χ4v) is 3.05. The number of amides is 1. The minimum Gasteiger partial charge on any atom is -0.481 e. The van der Waals surface area contributed by atoms with Gasteiger partial charge in [0.2, 0.25) is 5.91 Å². The van der Waals surface area contributed by atoms with Crippen molar-refractivity contribution < 1.29 is 14.7 Å². The summed E-state index contributed by atoms with van der Waals surface area (Å²) in [7, 11) is 0. The molecule has 1 amide bonds. The molecule has 0 aromatic heterocycles. The van der Waals surface area contributed by atoms with Crippen molar-refractivity contribution in [1.29, 1.82) is 0 Å². The number of carbonyl (C=O) groups excluding carboxylic acids is 1. The summed E-state index contributed by atoms with van der Waals surface area (Å²) >= 11 is 0. The van der Waals surface area contributed by atoms with Crippen LogP contribution in [-0.4, -0.2) is 23.0 Å². The summed E-state index contributed by atoms with van der Waals surface area (Å²) in [5.74, 6) is -0.713. The van der Waals surface area contributed by atoms with Gasteiger partial charge in [-0.15, -0.1) is 0 Å². The Morgan fingerprint density at radius 2 is 1.89 bits per heavy atom. The van der Waals surface area contributed by atoms with Crippen LogP contribution in [-0.2, 0) is 9.59 Å². The maximum absolute atomic E-state index is 12.3. The zero-order chi connectivity index (χ0) is 14.5. The van der Waals surface area contributed by atoms with E-state index in [1.807, 2.05) is 0 Å². The number of carboxylic acid groups (broad SMARTS) is 1. The summed E-state index contributed by atoms with van der Waals surface area (Å²) in [6.07, 6.45) is 6.04. The molecule has 0 saturated heterocycles. The van der Waals surface area contributed by atoms with Gasteiger partial charge in [-0.3, -0.25) is 9.59 Å². The third-order valence-electron chi connectivity index (χ3n) is 4.41. The van der Waals surface area contributed by atoms with Crippen LogP contribution in [0.25, 0.3) is 0 Å². The van der Waals surface area contributed by atoms with E-state index in [1.54, 1.807) is 6.92 Å². The largest absolute Gasteiger partial charge is 0.481 e. The van der Waals surface area contributed by atoms with E-state index in [4.69, 9.17) is 0 Å². The van der Waals surface area contributed by atoms with Crippen LogP contribution in [0.15, 0.2) is 0 Å². The van der Waals surface area contributed by atoms with Crippen LogP contribution < -0.4 is 5.32 Å². The van der Waals surface area contributed by atoms with Gasteiger partial charge in [0.15, 0.2) is 0 Å². The summed E-state index contributed by atoms with van der Waals surface area (Å²) in [6, 6.07) is -0.214. The Morgan fingerprint density at radius 1 is 1.32 bits per heavy atom. The highest BCUT2D eigenvalue weighted by Gasteiger charge is 2.46. The second kappa shape index (κ2) is 6.92. The van der Waals surface area contributed by atoms with Crippen molar-refractivity contribution >= 4 is 11.9 Å². The quantitative estimate of drug-likeness (QED) is 0.746. The molecule has 1 fully saturated rings. The summed E-state index contributed by atoms with van der Waals surface area (Å²) in [4.78, 5) is 23.7. The number of aliphatic carboxylic acids is 1. The fraction of sp³-hybridized carbons (Fsp3) is 0.867. The lowest BCUT2D eigenvalue weighted by molar-refractivity contribution is -0.149. The molecule has 1 saturated carbocycles. The van der Waals surface area contributed by atoms with E-state index in [9.17, 15) is 14.7 Å². The van der Waals surface area contributed by atoms with Gasteiger partial charge in [0.1, 0.15) is 0 Å². The smallest absolute Gasteiger partial charge is 0.311 e. The number of nitrogens with one attached hydrogen (secondary N) is 1. The molecule has 0 radical (unpaired) electrons.